The van der Waals surface area contributed by atoms with Crippen molar-refractivity contribution in [3.63, 3.8) is 0 Å². The molecule has 0 heterocycles. The van der Waals surface area contributed by atoms with E-state index in [1.54, 1.807) is 7.11 Å². The summed E-state index contributed by atoms with van der Waals surface area (Å²) in [5.41, 5.74) is 0. The number of thioether (sulfide) groups is 1. The third-order valence-electron chi connectivity index (χ3n) is 3.33. The molecule has 0 aliphatic heterocycles. The molecular weight excluding hydrogens is 250 g/mol. The lowest BCUT2D eigenvalue weighted by atomic mass is 10.2. The predicted molar refractivity (Wildman–Crippen MR) is 76.2 cm³/mol. The van der Waals surface area contributed by atoms with Crippen LogP contribution in [0.3, 0.4) is 0 Å². The van der Waals surface area contributed by atoms with E-state index in [2.05, 4.69) is 11.6 Å². The first-order valence-corrected chi connectivity index (χ1v) is 7.99. The van der Waals surface area contributed by atoms with Crippen LogP contribution in [0.4, 0.5) is 0 Å². The first-order valence-electron chi connectivity index (χ1n) is 6.70. The quantitative estimate of drug-likeness (QED) is 0.665. The molecule has 1 fully saturated rings. The Bertz CT molecular complexity index is 218. The van der Waals surface area contributed by atoms with Crippen LogP contribution >= 0.6 is 11.8 Å². The van der Waals surface area contributed by atoms with Gasteiger partial charge in [0.2, 0.25) is 0 Å². The monoisotopic (exact) mass is 277 g/mol. The van der Waals surface area contributed by atoms with E-state index in [9.17, 15) is 5.11 Å². The number of aliphatic hydroxyl groups is 1. The summed E-state index contributed by atoms with van der Waals surface area (Å²) < 4.78 is 10.5. The van der Waals surface area contributed by atoms with E-state index in [-0.39, 0.29) is 6.10 Å². The van der Waals surface area contributed by atoms with Gasteiger partial charge in [-0.05, 0) is 32.4 Å². The average Bonchev–Trinajstić information content (AvgIpc) is 2.82. The average molecular weight is 277 g/mol. The van der Waals surface area contributed by atoms with Crippen LogP contribution in [0.5, 0.6) is 0 Å². The number of hydrogen-bond acceptors (Lipinski definition) is 5. The molecule has 1 rings (SSSR count). The van der Waals surface area contributed by atoms with Crippen molar-refractivity contribution in [2.24, 2.45) is 0 Å². The van der Waals surface area contributed by atoms with Crippen molar-refractivity contribution < 1.29 is 14.6 Å². The number of nitrogens with one attached hydrogen (secondary N) is 1. The van der Waals surface area contributed by atoms with Crippen LogP contribution in [0.1, 0.15) is 26.2 Å². The maximum absolute atomic E-state index is 9.82. The van der Waals surface area contributed by atoms with Gasteiger partial charge in [-0.25, -0.2) is 0 Å². The SMILES string of the molecule is COCC(C)OCC(O)CNC1CCC(SC)C1. The molecule has 1 saturated carbocycles. The van der Waals surface area contributed by atoms with Crippen LogP contribution in [-0.4, -0.2) is 61.7 Å². The van der Waals surface area contributed by atoms with Gasteiger partial charge in [-0.3, -0.25) is 0 Å². The number of ether oxygens (including phenoxy) is 2. The fourth-order valence-electron chi connectivity index (χ4n) is 2.26. The summed E-state index contributed by atoms with van der Waals surface area (Å²) in [6.07, 6.45) is 5.51. The summed E-state index contributed by atoms with van der Waals surface area (Å²) >= 11 is 1.95. The fraction of sp³-hybridized carbons (Fsp3) is 1.00. The van der Waals surface area contributed by atoms with Gasteiger partial charge >= 0.3 is 0 Å². The zero-order valence-corrected chi connectivity index (χ0v) is 12.5. The molecule has 0 saturated heterocycles. The van der Waals surface area contributed by atoms with Crippen LogP contribution < -0.4 is 5.32 Å². The van der Waals surface area contributed by atoms with Crippen molar-refractivity contribution in [2.75, 3.05) is 33.1 Å². The Morgan fingerprint density at radius 1 is 1.39 bits per heavy atom. The standard InChI is InChI=1S/C13H27NO3S/c1-10(8-16-2)17-9-12(15)7-14-11-4-5-13(6-11)18-3/h10-15H,4-9H2,1-3H3. The van der Waals surface area contributed by atoms with Crippen molar-refractivity contribution >= 4 is 11.8 Å². The third-order valence-corrected chi connectivity index (χ3v) is 4.43. The molecule has 4 atom stereocenters. The molecule has 0 radical (unpaired) electrons. The minimum absolute atomic E-state index is 0.0389. The molecule has 1 aliphatic carbocycles. The van der Waals surface area contributed by atoms with Gasteiger partial charge in [0, 0.05) is 24.9 Å². The van der Waals surface area contributed by atoms with E-state index in [4.69, 9.17) is 9.47 Å². The van der Waals surface area contributed by atoms with Crippen molar-refractivity contribution in [1.82, 2.24) is 5.32 Å². The summed E-state index contributed by atoms with van der Waals surface area (Å²) in [6, 6.07) is 0.563. The first-order chi connectivity index (χ1) is 8.65. The zero-order valence-electron chi connectivity index (χ0n) is 11.7. The second-order valence-electron chi connectivity index (χ2n) is 5.03. The molecule has 0 aromatic heterocycles. The summed E-state index contributed by atoms with van der Waals surface area (Å²) in [5.74, 6) is 0. The Morgan fingerprint density at radius 3 is 2.78 bits per heavy atom. The van der Waals surface area contributed by atoms with Gasteiger partial charge in [0.1, 0.15) is 0 Å². The van der Waals surface area contributed by atoms with Gasteiger partial charge in [0.15, 0.2) is 0 Å². The summed E-state index contributed by atoms with van der Waals surface area (Å²) in [4.78, 5) is 0. The molecule has 18 heavy (non-hydrogen) atoms. The zero-order chi connectivity index (χ0) is 13.4. The minimum Gasteiger partial charge on any atom is -0.389 e. The number of hydrogen-bond donors (Lipinski definition) is 2. The molecule has 0 aromatic carbocycles. The lowest BCUT2D eigenvalue weighted by molar-refractivity contribution is -0.0315. The van der Waals surface area contributed by atoms with Crippen LogP contribution in [0.15, 0.2) is 0 Å². The highest BCUT2D eigenvalue weighted by molar-refractivity contribution is 7.99. The van der Waals surface area contributed by atoms with Gasteiger partial charge < -0.3 is 19.9 Å². The molecular formula is C13H27NO3S. The third kappa shape index (κ3) is 6.38. The van der Waals surface area contributed by atoms with E-state index in [1.807, 2.05) is 18.7 Å². The topological polar surface area (TPSA) is 50.7 Å². The Kier molecular flexibility index (Phi) is 8.26. The maximum Gasteiger partial charge on any atom is 0.0897 e. The normalized spacial score (nSPS) is 27.3. The highest BCUT2D eigenvalue weighted by atomic mass is 32.2. The smallest absolute Gasteiger partial charge is 0.0897 e. The van der Waals surface area contributed by atoms with Crippen LogP contribution in [-0.2, 0) is 9.47 Å². The molecule has 4 nitrogen and oxygen atoms in total. The van der Waals surface area contributed by atoms with Gasteiger partial charge in [-0.1, -0.05) is 0 Å². The second-order valence-corrected chi connectivity index (χ2v) is 6.17. The van der Waals surface area contributed by atoms with Gasteiger partial charge in [-0.2, -0.15) is 11.8 Å². The molecule has 1 aliphatic rings. The maximum atomic E-state index is 9.82. The Morgan fingerprint density at radius 2 is 2.17 bits per heavy atom. The second kappa shape index (κ2) is 9.15. The molecule has 0 bridgehead atoms. The van der Waals surface area contributed by atoms with Crippen LogP contribution in [0.25, 0.3) is 0 Å². The van der Waals surface area contributed by atoms with Crippen LogP contribution in [0, 0.1) is 0 Å². The summed E-state index contributed by atoms with van der Waals surface area (Å²) in [7, 11) is 1.65. The van der Waals surface area contributed by atoms with Crippen molar-refractivity contribution in [3.8, 4) is 0 Å². The molecule has 2 N–H and O–H groups in total. The molecule has 5 heteroatoms. The van der Waals surface area contributed by atoms with Gasteiger partial charge in [0.05, 0.1) is 25.4 Å². The molecule has 0 aromatic rings. The Hall–Kier alpha value is 0.190. The van der Waals surface area contributed by atoms with Crippen molar-refractivity contribution in [2.45, 2.75) is 49.7 Å². The number of aliphatic hydroxyl groups excluding tert-OH is 1. The largest absolute Gasteiger partial charge is 0.389 e. The lowest BCUT2D eigenvalue weighted by Crippen LogP contribution is -2.37. The minimum atomic E-state index is -0.433. The first kappa shape index (κ1) is 16.2. The number of rotatable bonds is 9. The molecule has 108 valence electrons. The fourth-order valence-corrected chi connectivity index (χ4v) is 3.06. The molecule has 0 spiro atoms. The lowest BCUT2D eigenvalue weighted by Gasteiger charge is -2.18. The molecule has 0 amide bonds. The van der Waals surface area contributed by atoms with Gasteiger partial charge in [0.25, 0.3) is 0 Å². The van der Waals surface area contributed by atoms with E-state index in [0.29, 0.717) is 25.8 Å². The van der Waals surface area contributed by atoms with E-state index in [0.717, 1.165) is 5.25 Å². The van der Waals surface area contributed by atoms with E-state index < -0.39 is 6.10 Å². The highest BCUT2D eigenvalue weighted by Gasteiger charge is 2.23. The van der Waals surface area contributed by atoms with Crippen LogP contribution in [0.2, 0.25) is 0 Å². The van der Waals surface area contributed by atoms with Gasteiger partial charge in [-0.15, -0.1) is 0 Å². The van der Waals surface area contributed by atoms with E-state index >= 15 is 0 Å². The van der Waals surface area contributed by atoms with Crippen molar-refractivity contribution in [3.05, 3.63) is 0 Å². The Labute approximate surface area is 115 Å². The Balaban J connectivity index is 2.04. The molecule has 4 unspecified atom stereocenters. The highest BCUT2D eigenvalue weighted by Crippen LogP contribution is 2.27. The van der Waals surface area contributed by atoms with Crippen molar-refractivity contribution in [1.29, 1.82) is 0 Å². The summed E-state index contributed by atoms with van der Waals surface area (Å²) in [5, 5.41) is 14.0. The van der Waals surface area contributed by atoms with E-state index in [1.165, 1.54) is 19.3 Å². The summed E-state index contributed by atoms with van der Waals surface area (Å²) in [6.45, 7) is 3.50. The predicted octanol–water partition coefficient (Wildman–Crippen LogP) is 1.27. The number of methoxy groups -OCH3 is 1.